The average Bonchev–Trinajstić information content (AvgIpc) is 2.72. The van der Waals surface area contributed by atoms with Gasteiger partial charge in [-0.3, -0.25) is 0 Å². The third-order valence-corrected chi connectivity index (χ3v) is 3.92. The first-order valence-electron chi connectivity index (χ1n) is 5.07. The molecule has 6 heteroatoms. The lowest BCUT2D eigenvalue weighted by Crippen LogP contribution is -2.03. The van der Waals surface area contributed by atoms with E-state index in [1.807, 2.05) is 12.1 Å². The van der Waals surface area contributed by atoms with Crippen molar-refractivity contribution in [2.75, 3.05) is 5.32 Å². The summed E-state index contributed by atoms with van der Waals surface area (Å²) in [5.74, 6) is -2.00. The first-order valence-corrected chi connectivity index (χ1v) is 6.68. The van der Waals surface area contributed by atoms with Gasteiger partial charge in [-0.2, -0.15) is 0 Å². The van der Waals surface area contributed by atoms with E-state index in [0.29, 0.717) is 12.2 Å². The van der Waals surface area contributed by atoms with E-state index in [-0.39, 0.29) is 5.56 Å². The fourth-order valence-electron chi connectivity index (χ4n) is 1.43. The van der Waals surface area contributed by atoms with Crippen LogP contribution in [0.1, 0.15) is 15.2 Å². The number of halogens is 2. The van der Waals surface area contributed by atoms with Gasteiger partial charge in [0, 0.05) is 17.1 Å². The third kappa shape index (κ3) is 3.08. The summed E-state index contributed by atoms with van der Waals surface area (Å²) in [5, 5.41) is 11.7. The van der Waals surface area contributed by atoms with Crippen LogP contribution in [0.4, 0.5) is 10.1 Å². The third-order valence-electron chi connectivity index (χ3n) is 2.30. The molecule has 0 saturated carbocycles. The molecule has 0 spiro atoms. The highest BCUT2D eigenvalue weighted by atomic mass is 79.9. The molecule has 2 aromatic rings. The van der Waals surface area contributed by atoms with Crippen molar-refractivity contribution < 1.29 is 14.3 Å². The molecule has 2 N–H and O–H groups in total. The quantitative estimate of drug-likeness (QED) is 0.892. The molecule has 0 unspecified atom stereocenters. The summed E-state index contributed by atoms with van der Waals surface area (Å²) in [7, 11) is 0. The fraction of sp³-hybridized carbons (Fsp3) is 0.0833. The molecule has 0 radical (unpaired) electrons. The Morgan fingerprint density at radius 2 is 2.17 bits per heavy atom. The van der Waals surface area contributed by atoms with Crippen LogP contribution in [-0.4, -0.2) is 11.1 Å². The second kappa shape index (κ2) is 5.49. The maximum absolute atomic E-state index is 13.4. The van der Waals surface area contributed by atoms with Crippen molar-refractivity contribution in [1.82, 2.24) is 0 Å². The first kappa shape index (κ1) is 13.0. The molecule has 0 fully saturated rings. The topological polar surface area (TPSA) is 49.3 Å². The lowest BCUT2D eigenvalue weighted by molar-refractivity contribution is 0.0692. The van der Waals surface area contributed by atoms with Crippen molar-refractivity contribution in [3.8, 4) is 0 Å². The van der Waals surface area contributed by atoms with Gasteiger partial charge in [0.15, 0.2) is 0 Å². The van der Waals surface area contributed by atoms with Gasteiger partial charge in [0.25, 0.3) is 0 Å². The van der Waals surface area contributed by atoms with E-state index in [1.165, 1.54) is 12.1 Å². The van der Waals surface area contributed by atoms with E-state index in [9.17, 15) is 9.18 Å². The Kier molecular flexibility index (Phi) is 3.98. The number of nitrogens with one attached hydrogen (secondary N) is 1. The Bertz CT molecular complexity index is 585. The number of anilines is 1. The van der Waals surface area contributed by atoms with Crippen molar-refractivity contribution in [3.63, 3.8) is 0 Å². The van der Waals surface area contributed by atoms with Gasteiger partial charge in [-0.1, -0.05) is 0 Å². The van der Waals surface area contributed by atoms with Crippen LogP contribution in [0.3, 0.4) is 0 Å². The number of rotatable bonds is 4. The summed E-state index contributed by atoms with van der Waals surface area (Å²) < 4.78 is 14.4. The van der Waals surface area contributed by atoms with Crippen molar-refractivity contribution in [1.29, 1.82) is 0 Å². The summed E-state index contributed by atoms with van der Waals surface area (Å²) in [6.45, 7) is 0.572. The van der Waals surface area contributed by atoms with Gasteiger partial charge in [0.2, 0.25) is 0 Å². The molecule has 0 aliphatic rings. The van der Waals surface area contributed by atoms with Crippen molar-refractivity contribution >= 4 is 38.9 Å². The summed E-state index contributed by atoms with van der Waals surface area (Å²) in [6, 6.07) is 7.89. The van der Waals surface area contributed by atoms with Crippen LogP contribution in [0, 0.1) is 5.82 Å². The zero-order chi connectivity index (χ0) is 13.1. The number of carboxylic acid groups (broad SMARTS) is 1. The number of hydrogen-bond donors (Lipinski definition) is 2. The van der Waals surface area contributed by atoms with Crippen LogP contribution in [0.15, 0.2) is 34.1 Å². The zero-order valence-electron chi connectivity index (χ0n) is 9.11. The molecule has 0 aliphatic heterocycles. The molecule has 0 amide bonds. The van der Waals surface area contributed by atoms with Gasteiger partial charge >= 0.3 is 5.97 Å². The van der Waals surface area contributed by atoms with E-state index in [0.717, 1.165) is 8.66 Å². The number of carboxylic acids is 1. The van der Waals surface area contributed by atoms with E-state index in [4.69, 9.17) is 5.11 Å². The molecule has 2 rings (SSSR count). The molecular weight excluding hydrogens is 321 g/mol. The minimum atomic E-state index is -1.26. The first-order chi connectivity index (χ1) is 8.56. The van der Waals surface area contributed by atoms with Crippen LogP contribution in [0.5, 0.6) is 0 Å². The highest BCUT2D eigenvalue weighted by Crippen LogP contribution is 2.23. The number of hydrogen-bond acceptors (Lipinski definition) is 3. The van der Waals surface area contributed by atoms with Gasteiger partial charge in [0.05, 0.1) is 9.35 Å². The van der Waals surface area contributed by atoms with Gasteiger partial charge in [-0.05, 0) is 46.3 Å². The maximum atomic E-state index is 13.4. The lowest BCUT2D eigenvalue weighted by atomic mass is 10.2. The van der Waals surface area contributed by atoms with E-state index in [1.54, 1.807) is 17.4 Å². The van der Waals surface area contributed by atoms with E-state index in [2.05, 4.69) is 21.2 Å². The molecule has 3 nitrogen and oxygen atoms in total. The number of thiophene rings is 1. The van der Waals surface area contributed by atoms with Crippen LogP contribution in [0.2, 0.25) is 0 Å². The normalized spacial score (nSPS) is 10.3. The van der Waals surface area contributed by atoms with Crippen LogP contribution in [-0.2, 0) is 6.54 Å². The predicted molar refractivity (Wildman–Crippen MR) is 72.7 cm³/mol. The predicted octanol–water partition coefficient (Wildman–Crippen LogP) is 3.96. The molecule has 1 heterocycles. The molecule has 0 saturated heterocycles. The summed E-state index contributed by atoms with van der Waals surface area (Å²) >= 11 is 4.95. The molecule has 0 aliphatic carbocycles. The minimum Gasteiger partial charge on any atom is -0.478 e. The Labute approximate surface area is 115 Å². The van der Waals surface area contributed by atoms with E-state index >= 15 is 0 Å². The second-order valence-corrected chi connectivity index (χ2v) is 6.11. The smallest absolute Gasteiger partial charge is 0.338 e. The molecule has 94 valence electrons. The lowest BCUT2D eigenvalue weighted by Gasteiger charge is -2.06. The van der Waals surface area contributed by atoms with Gasteiger partial charge in [-0.25, -0.2) is 9.18 Å². The Hall–Kier alpha value is -1.40. The summed E-state index contributed by atoms with van der Waals surface area (Å²) in [4.78, 5) is 11.8. The molecule has 1 aromatic carbocycles. The van der Waals surface area contributed by atoms with Gasteiger partial charge < -0.3 is 10.4 Å². The Balaban J connectivity index is 2.06. The monoisotopic (exact) mass is 329 g/mol. The number of benzene rings is 1. The van der Waals surface area contributed by atoms with Crippen molar-refractivity contribution in [2.24, 2.45) is 0 Å². The van der Waals surface area contributed by atoms with E-state index < -0.39 is 11.8 Å². The van der Waals surface area contributed by atoms with Crippen LogP contribution < -0.4 is 5.32 Å². The highest BCUT2D eigenvalue weighted by Gasteiger charge is 2.10. The standard InChI is InChI=1S/C12H9BrFNO2S/c13-11-4-2-8(18-11)6-15-7-1-3-9(12(16)17)10(14)5-7/h1-5,15H,6H2,(H,16,17). The average molecular weight is 330 g/mol. The maximum Gasteiger partial charge on any atom is 0.338 e. The molecule has 0 bridgehead atoms. The summed E-state index contributed by atoms with van der Waals surface area (Å²) in [6.07, 6.45) is 0. The Morgan fingerprint density at radius 1 is 1.39 bits per heavy atom. The van der Waals surface area contributed by atoms with Gasteiger partial charge in [0.1, 0.15) is 5.82 Å². The molecular formula is C12H9BrFNO2S. The number of carbonyl (C=O) groups is 1. The van der Waals surface area contributed by atoms with Crippen LogP contribution >= 0.6 is 27.3 Å². The largest absolute Gasteiger partial charge is 0.478 e. The van der Waals surface area contributed by atoms with Gasteiger partial charge in [-0.15, -0.1) is 11.3 Å². The van der Waals surface area contributed by atoms with Crippen LogP contribution in [0.25, 0.3) is 0 Å². The second-order valence-electron chi connectivity index (χ2n) is 3.56. The SMILES string of the molecule is O=C(O)c1ccc(NCc2ccc(Br)s2)cc1F. The van der Waals surface area contributed by atoms with Crippen molar-refractivity contribution in [3.05, 3.63) is 50.4 Å². The fourth-order valence-corrected chi connectivity index (χ4v) is 2.86. The molecule has 1 aromatic heterocycles. The minimum absolute atomic E-state index is 0.320. The highest BCUT2D eigenvalue weighted by molar-refractivity contribution is 9.11. The van der Waals surface area contributed by atoms with Crippen molar-refractivity contribution in [2.45, 2.75) is 6.54 Å². The molecule has 0 atom stereocenters. The Morgan fingerprint density at radius 3 is 2.72 bits per heavy atom. The zero-order valence-corrected chi connectivity index (χ0v) is 11.5. The summed E-state index contributed by atoms with van der Waals surface area (Å²) in [5.41, 5.74) is 0.237. The number of aromatic carboxylic acids is 1. The molecule has 18 heavy (non-hydrogen) atoms.